The van der Waals surface area contributed by atoms with E-state index in [9.17, 15) is 4.39 Å². The maximum atomic E-state index is 14.7. The van der Waals surface area contributed by atoms with E-state index >= 15 is 0 Å². The van der Waals surface area contributed by atoms with Gasteiger partial charge in [0, 0.05) is 47.4 Å². The fraction of sp³-hybridized carbons (Fsp3) is 0.219. The average molecular weight is 568 g/mol. The van der Waals surface area contributed by atoms with Crippen molar-refractivity contribution in [2.24, 2.45) is 5.73 Å². The van der Waals surface area contributed by atoms with Crippen LogP contribution in [-0.4, -0.2) is 64.4 Å². The van der Waals surface area contributed by atoms with Gasteiger partial charge in [-0.1, -0.05) is 5.57 Å². The summed E-state index contributed by atoms with van der Waals surface area (Å²) >= 11 is 0. The molecule has 0 unspecified atom stereocenters. The van der Waals surface area contributed by atoms with Crippen LogP contribution >= 0.6 is 0 Å². The summed E-state index contributed by atoms with van der Waals surface area (Å²) in [7, 11) is 5.52. The Bertz CT molecular complexity index is 1880. The standard InChI is InChI=1S/C32H34FN7O2/c1-19(2)30-28(13-21(16-34)22-12-25(41-5)18-35-17-22)31(39-38-30)29-15-27-26(6-7-36-32(27)37-29)20-10-23(33)14-24(11-20)42-9-8-40(3)4/h6-7,10-18,38H,8-9,34H2,1-5H3,(H,36,37)/b21-16+,28-13+. The highest BCUT2D eigenvalue weighted by Gasteiger charge is 2.15. The molecule has 216 valence electrons. The smallest absolute Gasteiger partial charge is 0.138 e. The third-order valence-corrected chi connectivity index (χ3v) is 6.84. The van der Waals surface area contributed by atoms with Crippen molar-refractivity contribution in [1.82, 2.24) is 30.0 Å². The number of H-pyrrole nitrogens is 2. The highest BCUT2D eigenvalue weighted by Crippen LogP contribution is 2.33. The van der Waals surface area contributed by atoms with Crippen molar-refractivity contribution in [3.8, 4) is 34.0 Å². The Balaban J connectivity index is 1.62. The number of nitrogens with zero attached hydrogens (tertiary/aromatic N) is 4. The largest absolute Gasteiger partial charge is 0.495 e. The van der Waals surface area contributed by atoms with Gasteiger partial charge in [0.2, 0.25) is 0 Å². The lowest BCUT2D eigenvalue weighted by Crippen LogP contribution is -2.25. The number of halogens is 1. The van der Waals surface area contributed by atoms with E-state index in [2.05, 4.69) is 25.1 Å². The third kappa shape index (κ3) is 6.03. The molecule has 4 N–H and O–H groups in total. The van der Waals surface area contributed by atoms with Crippen LogP contribution in [0.2, 0.25) is 0 Å². The second kappa shape index (κ2) is 12.3. The summed E-state index contributed by atoms with van der Waals surface area (Å²) in [5.74, 6) is 0.733. The molecular weight excluding hydrogens is 533 g/mol. The Morgan fingerprint density at radius 2 is 1.93 bits per heavy atom. The van der Waals surface area contributed by atoms with Crippen molar-refractivity contribution < 1.29 is 13.9 Å². The molecule has 0 spiro atoms. The van der Waals surface area contributed by atoms with E-state index in [1.54, 1.807) is 25.7 Å². The Labute approximate surface area is 243 Å². The zero-order valence-corrected chi connectivity index (χ0v) is 24.3. The van der Waals surface area contributed by atoms with Crippen molar-refractivity contribution in [3.05, 3.63) is 83.1 Å². The summed E-state index contributed by atoms with van der Waals surface area (Å²) in [6.07, 6.45) is 8.59. The second-order valence-electron chi connectivity index (χ2n) is 10.4. The van der Waals surface area contributed by atoms with Gasteiger partial charge in [-0.25, -0.2) is 9.37 Å². The molecule has 5 aromatic rings. The normalized spacial score (nSPS) is 12.4. The maximum Gasteiger partial charge on any atom is 0.138 e. The summed E-state index contributed by atoms with van der Waals surface area (Å²) < 4.78 is 25.9. The number of rotatable bonds is 9. The third-order valence-electron chi connectivity index (χ3n) is 6.84. The van der Waals surface area contributed by atoms with Crippen molar-refractivity contribution in [2.75, 3.05) is 34.4 Å². The summed E-state index contributed by atoms with van der Waals surface area (Å²) in [5, 5.41) is 10.4. The first-order chi connectivity index (χ1) is 20.3. The minimum absolute atomic E-state index is 0.371. The molecule has 0 atom stereocenters. The highest BCUT2D eigenvalue weighted by atomic mass is 19.1. The van der Waals surface area contributed by atoms with Crippen LogP contribution in [0.5, 0.6) is 11.5 Å². The number of nitrogens with two attached hydrogens (primary N) is 1. The molecule has 0 radical (unpaired) electrons. The average Bonchev–Trinajstić information content (AvgIpc) is 3.59. The van der Waals surface area contributed by atoms with E-state index in [-0.39, 0.29) is 5.82 Å². The Morgan fingerprint density at radius 1 is 1.10 bits per heavy atom. The van der Waals surface area contributed by atoms with Gasteiger partial charge in [0.15, 0.2) is 0 Å². The molecule has 1 aromatic carbocycles. The van der Waals surface area contributed by atoms with Crippen LogP contribution in [0.15, 0.2) is 61.2 Å². The van der Waals surface area contributed by atoms with Gasteiger partial charge in [0.1, 0.15) is 35.3 Å². The van der Waals surface area contributed by atoms with Gasteiger partial charge in [0.05, 0.1) is 24.3 Å². The number of nitrogens with one attached hydrogen (secondary N) is 2. The van der Waals surface area contributed by atoms with E-state index in [1.807, 2.05) is 63.2 Å². The lowest BCUT2D eigenvalue weighted by atomic mass is 10.0. The maximum absolute atomic E-state index is 14.7. The van der Waals surface area contributed by atoms with Gasteiger partial charge in [-0.2, -0.15) is 5.10 Å². The van der Waals surface area contributed by atoms with Crippen LogP contribution in [0.25, 0.3) is 50.8 Å². The fourth-order valence-electron chi connectivity index (χ4n) is 4.70. The quantitative estimate of drug-likeness (QED) is 0.246. The minimum atomic E-state index is -0.371. The predicted octanol–water partition coefficient (Wildman–Crippen LogP) is 4.07. The van der Waals surface area contributed by atoms with E-state index in [0.29, 0.717) is 35.0 Å². The molecule has 0 saturated heterocycles. The SMILES string of the molecule is COc1cncc(C(/C=c2/c(-c3cc4c(-c5cc(F)cc(OCCN(C)C)c5)ccnc4[nH]3)n[nH]c2=C(C)C)=C/N)c1. The molecule has 0 saturated carbocycles. The number of likely N-dealkylation sites (N-methyl/N-ethyl adjacent to an activating group) is 1. The predicted molar refractivity (Wildman–Crippen MR) is 165 cm³/mol. The van der Waals surface area contributed by atoms with Crippen LogP contribution in [0.4, 0.5) is 4.39 Å². The Hall–Kier alpha value is -4.96. The molecule has 0 bridgehead atoms. The number of pyridine rings is 2. The van der Waals surface area contributed by atoms with Gasteiger partial charge in [-0.3, -0.25) is 10.1 Å². The van der Waals surface area contributed by atoms with Crippen LogP contribution in [0.1, 0.15) is 19.4 Å². The topological polar surface area (TPSA) is 118 Å². The lowest BCUT2D eigenvalue weighted by Gasteiger charge is -2.12. The van der Waals surface area contributed by atoms with Crippen molar-refractivity contribution in [2.45, 2.75) is 13.8 Å². The van der Waals surface area contributed by atoms with Crippen LogP contribution in [0.3, 0.4) is 0 Å². The molecule has 0 aliphatic rings. The molecule has 0 aliphatic carbocycles. The van der Waals surface area contributed by atoms with Crippen LogP contribution < -0.4 is 25.8 Å². The zero-order valence-electron chi connectivity index (χ0n) is 24.3. The molecule has 0 amide bonds. The molecule has 4 aromatic heterocycles. The summed E-state index contributed by atoms with van der Waals surface area (Å²) in [4.78, 5) is 14.2. The Morgan fingerprint density at radius 3 is 2.67 bits per heavy atom. The zero-order chi connectivity index (χ0) is 29.8. The van der Waals surface area contributed by atoms with Crippen LogP contribution in [0, 0.1) is 5.82 Å². The number of ether oxygens (including phenoxy) is 2. The van der Waals surface area contributed by atoms with Crippen molar-refractivity contribution >= 4 is 28.3 Å². The summed E-state index contributed by atoms with van der Waals surface area (Å²) in [6, 6.07) is 10.5. The minimum Gasteiger partial charge on any atom is -0.495 e. The highest BCUT2D eigenvalue weighted by molar-refractivity contribution is 5.96. The molecule has 10 heteroatoms. The number of hydrogen-bond donors (Lipinski definition) is 3. The van der Waals surface area contributed by atoms with Gasteiger partial charge < -0.3 is 25.1 Å². The first kappa shape index (κ1) is 28.6. The molecule has 0 aliphatic heterocycles. The van der Waals surface area contributed by atoms with Crippen molar-refractivity contribution in [3.63, 3.8) is 0 Å². The summed E-state index contributed by atoms with van der Waals surface area (Å²) in [5.41, 5.74) is 12.3. The monoisotopic (exact) mass is 567 g/mol. The van der Waals surface area contributed by atoms with Crippen molar-refractivity contribution in [1.29, 1.82) is 0 Å². The molecular formula is C32H34FN7O2. The van der Waals surface area contributed by atoms with E-state index in [0.717, 1.165) is 50.5 Å². The number of hydrogen-bond acceptors (Lipinski definition) is 7. The molecule has 0 fully saturated rings. The molecule has 4 heterocycles. The Kier molecular flexibility index (Phi) is 8.35. The number of methoxy groups -OCH3 is 1. The fourth-order valence-corrected chi connectivity index (χ4v) is 4.70. The van der Waals surface area contributed by atoms with Gasteiger partial charge in [-0.15, -0.1) is 0 Å². The number of fused-ring (bicyclic) bond motifs is 1. The van der Waals surface area contributed by atoms with E-state index in [4.69, 9.17) is 15.2 Å². The van der Waals surface area contributed by atoms with Gasteiger partial charge in [0.25, 0.3) is 0 Å². The molecule has 42 heavy (non-hydrogen) atoms. The van der Waals surface area contributed by atoms with Crippen LogP contribution in [-0.2, 0) is 0 Å². The molecule has 9 nitrogen and oxygen atoms in total. The second-order valence-corrected chi connectivity index (χ2v) is 10.4. The summed E-state index contributed by atoms with van der Waals surface area (Å²) in [6.45, 7) is 5.21. The van der Waals surface area contributed by atoms with Gasteiger partial charge >= 0.3 is 0 Å². The first-order valence-electron chi connectivity index (χ1n) is 13.5. The first-order valence-corrected chi connectivity index (χ1v) is 13.5. The van der Waals surface area contributed by atoms with Gasteiger partial charge in [-0.05, 0) is 81.1 Å². The lowest BCUT2D eigenvalue weighted by molar-refractivity contribution is 0.260. The van der Waals surface area contributed by atoms with E-state index < -0.39 is 0 Å². The molecule has 5 rings (SSSR count). The van der Waals surface area contributed by atoms with E-state index in [1.165, 1.54) is 18.3 Å². The number of allylic oxidation sites excluding steroid dienone is 1. The number of benzene rings is 1. The number of aromatic amines is 2. The number of aromatic nitrogens is 5.